The van der Waals surface area contributed by atoms with Crippen molar-refractivity contribution < 1.29 is 9.53 Å². The molecule has 0 aliphatic carbocycles. The highest BCUT2D eigenvalue weighted by Crippen LogP contribution is 2.09. The van der Waals surface area contributed by atoms with E-state index in [9.17, 15) is 4.79 Å². The fraction of sp³-hybridized carbons (Fsp3) is 0.917. The van der Waals surface area contributed by atoms with E-state index in [0.29, 0.717) is 12.6 Å². The first-order valence-corrected chi connectivity index (χ1v) is 6.65. The molecular formula is C12H23N3O2. The predicted molar refractivity (Wildman–Crippen MR) is 66.0 cm³/mol. The number of amides is 2. The van der Waals surface area contributed by atoms with Crippen LogP contribution in [0.15, 0.2) is 0 Å². The van der Waals surface area contributed by atoms with Crippen LogP contribution in [0.1, 0.15) is 26.2 Å². The molecule has 5 nitrogen and oxygen atoms in total. The molecule has 0 saturated carbocycles. The minimum absolute atomic E-state index is 0.0385. The molecule has 0 aromatic rings. The SMILES string of the molecule is CCN1CCCC(NC(=O)NC2CCOC2)C1. The van der Waals surface area contributed by atoms with Gasteiger partial charge in [0.25, 0.3) is 0 Å². The second kappa shape index (κ2) is 6.21. The Morgan fingerprint density at radius 3 is 2.88 bits per heavy atom. The summed E-state index contributed by atoms with van der Waals surface area (Å²) in [6.07, 6.45) is 3.19. The molecule has 2 N–H and O–H groups in total. The van der Waals surface area contributed by atoms with Crippen molar-refractivity contribution in [1.29, 1.82) is 0 Å². The number of carbonyl (C=O) groups is 1. The van der Waals surface area contributed by atoms with Gasteiger partial charge in [-0.15, -0.1) is 0 Å². The fourth-order valence-electron chi connectivity index (χ4n) is 2.52. The van der Waals surface area contributed by atoms with Crippen LogP contribution >= 0.6 is 0 Å². The van der Waals surface area contributed by atoms with Crippen molar-refractivity contribution in [3.05, 3.63) is 0 Å². The summed E-state index contributed by atoms with van der Waals surface area (Å²) < 4.78 is 5.23. The average molecular weight is 241 g/mol. The highest BCUT2D eigenvalue weighted by molar-refractivity contribution is 5.74. The molecule has 5 heteroatoms. The Labute approximate surface area is 103 Å². The van der Waals surface area contributed by atoms with Crippen LogP contribution in [-0.2, 0) is 4.74 Å². The molecule has 2 saturated heterocycles. The van der Waals surface area contributed by atoms with Gasteiger partial charge in [0, 0.05) is 19.2 Å². The zero-order valence-electron chi connectivity index (χ0n) is 10.6. The lowest BCUT2D eigenvalue weighted by Gasteiger charge is -2.32. The number of nitrogens with zero attached hydrogens (tertiary/aromatic N) is 1. The predicted octanol–water partition coefficient (Wildman–Crippen LogP) is 0.559. The molecule has 17 heavy (non-hydrogen) atoms. The second-order valence-corrected chi connectivity index (χ2v) is 4.91. The van der Waals surface area contributed by atoms with E-state index in [4.69, 9.17) is 4.74 Å². The third kappa shape index (κ3) is 3.85. The van der Waals surface area contributed by atoms with Gasteiger partial charge in [-0.1, -0.05) is 6.92 Å². The number of hydrogen-bond acceptors (Lipinski definition) is 3. The second-order valence-electron chi connectivity index (χ2n) is 4.91. The van der Waals surface area contributed by atoms with Crippen molar-refractivity contribution in [3.63, 3.8) is 0 Å². The van der Waals surface area contributed by atoms with Crippen molar-refractivity contribution in [2.24, 2.45) is 0 Å². The van der Waals surface area contributed by atoms with Crippen molar-refractivity contribution in [3.8, 4) is 0 Å². The first kappa shape index (κ1) is 12.6. The molecule has 0 aromatic carbocycles. The molecule has 0 spiro atoms. The number of rotatable bonds is 3. The van der Waals surface area contributed by atoms with Gasteiger partial charge in [0.05, 0.1) is 12.6 Å². The van der Waals surface area contributed by atoms with Gasteiger partial charge in [-0.3, -0.25) is 0 Å². The van der Waals surface area contributed by atoms with E-state index in [-0.39, 0.29) is 12.1 Å². The lowest BCUT2D eigenvalue weighted by Crippen LogP contribution is -2.52. The molecule has 2 rings (SSSR count). The van der Waals surface area contributed by atoms with E-state index in [1.165, 1.54) is 6.42 Å². The van der Waals surface area contributed by atoms with Gasteiger partial charge in [-0.2, -0.15) is 0 Å². The summed E-state index contributed by atoms with van der Waals surface area (Å²) in [5, 5.41) is 6.03. The largest absolute Gasteiger partial charge is 0.379 e. The molecule has 2 unspecified atom stereocenters. The van der Waals surface area contributed by atoms with Crippen LogP contribution in [0.2, 0.25) is 0 Å². The number of likely N-dealkylation sites (N-methyl/N-ethyl adjacent to an activating group) is 1. The molecule has 2 aliphatic rings. The van der Waals surface area contributed by atoms with Gasteiger partial charge in [-0.25, -0.2) is 4.79 Å². The molecule has 0 bridgehead atoms. The number of piperidine rings is 1. The van der Waals surface area contributed by atoms with Gasteiger partial charge < -0.3 is 20.3 Å². The number of hydrogen-bond donors (Lipinski definition) is 2. The molecule has 2 atom stereocenters. The smallest absolute Gasteiger partial charge is 0.315 e. The normalized spacial score (nSPS) is 30.2. The highest BCUT2D eigenvalue weighted by atomic mass is 16.5. The summed E-state index contributed by atoms with van der Waals surface area (Å²) in [5.74, 6) is 0. The zero-order chi connectivity index (χ0) is 12.1. The third-order valence-corrected chi connectivity index (χ3v) is 3.55. The number of carbonyl (C=O) groups excluding carboxylic acids is 1. The number of ether oxygens (including phenoxy) is 1. The summed E-state index contributed by atoms with van der Waals surface area (Å²) in [6.45, 7) is 6.78. The molecule has 0 aromatic heterocycles. The minimum atomic E-state index is -0.0385. The van der Waals surface area contributed by atoms with E-state index in [2.05, 4.69) is 22.5 Å². The average Bonchev–Trinajstić information content (AvgIpc) is 2.82. The van der Waals surface area contributed by atoms with Crippen molar-refractivity contribution in [2.75, 3.05) is 32.8 Å². The monoisotopic (exact) mass is 241 g/mol. The van der Waals surface area contributed by atoms with Gasteiger partial charge >= 0.3 is 6.03 Å². The Hall–Kier alpha value is -0.810. The molecule has 2 heterocycles. The summed E-state index contributed by atoms with van der Waals surface area (Å²) in [7, 11) is 0. The van der Waals surface area contributed by atoms with Crippen LogP contribution < -0.4 is 10.6 Å². The summed E-state index contributed by atoms with van der Waals surface area (Å²) in [5.41, 5.74) is 0. The number of likely N-dealkylation sites (tertiary alicyclic amines) is 1. The number of nitrogens with one attached hydrogen (secondary N) is 2. The lowest BCUT2D eigenvalue weighted by atomic mass is 10.1. The van der Waals surface area contributed by atoms with E-state index >= 15 is 0 Å². The Balaban J connectivity index is 1.70. The van der Waals surface area contributed by atoms with Gasteiger partial charge in [0.1, 0.15) is 0 Å². The van der Waals surface area contributed by atoms with Crippen molar-refractivity contribution in [1.82, 2.24) is 15.5 Å². The fourth-order valence-corrected chi connectivity index (χ4v) is 2.52. The van der Waals surface area contributed by atoms with Crippen LogP contribution in [0.4, 0.5) is 4.79 Å². The van der Waals surface area contributed by atoms with Gasteiger partial charge in [0.15, 0.2) is 0 Å². The lowest BCUT2D eigenvalue weighted by molar-refractivity contribution is 0.181. The van der Waals surface area contributed by atoms with Crippen LogP contribution in [0.25, 0.3) is 0 Å². The maximum atomic E-state index is 11.8. The Bertz CT molecular complexity index is 254. The van der Waals surface area contributed by atoms with E-state index in [0.717, 1.165) is 39.1 Å². The summed E-state index contributed by atoms with van der Waals surface area (Å²) >= 11 is 0. The molecular weight excluding hydrogens is 218 g/mol. The van der Waals surface area contributed by atoms with E-state index in [1.54, 1.807) is 0 Å². The Morgan fingerprint density at radius 1 is 1.35 bits per heavy atom. The molecule has 2 aliphatic heterocycles. The van der Waals surface area contributed by atoms with Crippen LogP contribution in [0, 0.1) is 0 Å². The standard InChI is InChI=1S/C12H23N3O2/c1-2-15-6-3-4-10(8-15)13-12(16)14-11-5-7-17-9-11/h10-11H,2-9H2,1H3,(H2,13,14,16). The maximum absolute atomic E-state index is 11.8. The third-order valence-electron chi connectivity index (χ3n) is 3.55. The van der Waals surface area contributed by atoms with E-state index in [1.807, 2.05) is 0 Å². The minimum Gasteiger partial charge on any atom is -0.379 e. The van der Waals surface area contributed by atoms with Crippen LogP contribution in [-0.4, -0.2) is 55.9 Å². The van der Waals surface area contributed by atoms with Crippen molar-refractivity contribution >= 4 is 6.03 Å². The van der Waals surface area contributed by atoms with E-state index < -0.39 is 0 Å². The highest BCUT2D eigenvalue weighted by Gasteiger charge is 2.22. The van der Waals surface area contributed by atoms with Gasteiger partial charge in [-0.05, 0) is 32.4 Å². The molecule has 0 radical (unpaired) electrons. The van der Waals surface area contributed by atoms with Crippen molar-refractivity contribution in [2.45, 2.75) is 38.3 Å². The zero-order valence-corrected chi connectivity index (χ0v) is 10.6. The number of urea groups is 1. The Kier molecular flexibility index (Phi) is 4.62. The van der Waals surface area contributed by atoms with Crippen LogP contribution in [0.5, 0.6) is 0 Å². The van der Waals surface area contributed by atoms with Gasteiger partial charge in [0.2, 0.25) is 0 Å². The summed E-state index contributed by atoms with van der Waals surface area (Å²) in [6, 6.07) is 0.454. The molecule has 2 amide bonds. The van der Waals surface area contributed by atoms with Crippen LogP contribution in [0.3, 0.4) is 0 Å². The first-order chi connectivity index (χ1) is 8.28. The topological polar surface area (TPSA) is 53.6 Å². The maximum Gasteiger partial charge on any atom is 0.315 e. The Morgan fingerprint density at radius 2 is 2.18 bits per heavy atom. The molecule has 2 fully saturated rings. The first-order valence-electron chi connectivity index (χ1n) is 6.65. The summed E-state index contributed by atoms with van der Waals surface area (Å²) in [4.78, 5) is 14.1. The quantitative estimate of drug-likeness (QED) is 0.759. The molecule has 98 valence electrons.